The first-order valence-corrected chi connectivity index (χ1v) is 5.35. The van der Waals surface area contributed by atoms with Crippen LogP contribution in [0.15, 0.2) is 18.2 Å². The van der Waals surface area contributed by atoms with Crippen LogP contribution in [0.25, 0.3) is 0 Å². The standard InChI is InChI=1S/C11H14ClNO3/c1-2-16-10-4-3-9(12)5-8(10)6-13-7-11(14)15/h3-5,13H,2,6-7H2,1H3,(H,14,15). The minimum atomic E-state index is -0.889. The Morgan fingerprint density at radius 2 is 2.31 bits per heavy atom. The van der Waals surface area contributed by atoms with Gasteiger partial charge in [-0.1, -0.05) is 11.6 Å². The van der Waals surface area contributed by atoms with E-state index in [1.54, 1.807) is 18.2 Å². The van der Waals surface area contributed by atoms with E-state index in [1.807, 2.05) is 6.92 Å². The molecule has 88 valence electrons. The molecule has 0 radical (unpaired) electrons. The molecule has 0 heterocycles. The van der Waals surface area contributed by atoms with E-state index in [0.717, 1.165) is 11.3 Å². The van der Waals surface area contributed by atoms with Crippen molar-refractivity contribution in [1.82, 2.24) is 5.32 Å². The normalized spacial score (nSPS) is 10.1. The molecular formula is C11H14ClNO3. The highest BCUT2D eigenvalue weighted by Gasteiger charge is 2.05. The molecule has 0 aliphatic carbocycles. The van der Waals surface area contributed by atoms with Gasteiger partial charge in [0, 0.05) is 17.1 Å². The van der Waals surface area contributed by atoms with Crippen LogP contribution in [-0.4, -0.2) is 24.2 Å². The average molecular weight is 244 g/mol. The van der Waals surface area contributed by atoms with Crippen LogP contribution >= 0.6 is 11.6 Å². The lowest BCUT2D eigenvalue weighted by molar-refractivity contribution is -0.136. The van der Waals surface area contributed by atoms with Gasteiger partial charge in [0.25, 0.3) is 0 Å². The number of carboxylic acids is 1. The number of ether oxygens (including phenoxy) is 1. The van der Waals surface area contributed by atoms with Crippen molar-refractivity contribution in [2.45, 2.75) is 13.5 Å². The second-order valence-electron chi connectivity index (χ2n) is 3.18. The van der Waals surface area contributed by atoms with E-state index in [9.17, 15) is 4.79 Å². The number of rotatable bonds is 6. The maximum atomic E-state index is 10.3. The van der Waals surface area contributed by atoms with E-state index >= 15 is 0 Å². The SMILES string of the molecule is CCOc1ccc(Cl)cc1CNCC(=O)O. The van der Waals surface area contributed by atoms with Crippen molar-refractivity contribution in [1.29, 1.82) is 0 Å². The van der Waals surface area contributed by atoms with Crippen molar-refractivity contribution in [2.24, 2.45) is 0 Å². The monoisotopic (exact) mass is 243 g/mol. The Morgan fingerprint density at radius 1 is 1.56 bits per heavy atom. The summed E-state index contributed by atoms with van der Waals surface area (Å²) in [4.78, 5) is 10.3. The summed E-state index contributed by atoms with van der Waals surface area (Å²) in [7, 11) is 0. The summed E-state index contributed by atoms with van der Waals surface area (Å²) in [6, 6.07) is 5.29. The predicted molar refractivity (Wildman–Crippen MR) is 62.0 cm³/mol. The molecule has 16 heavy (non-hydrogen) atoms. The summed E-state index contributed by atoms with van der Waals surface area (Å²) in [6.45, 7) is 2.79. The molecular weight excluding hydrogens is 230 g/mol. The van der Waals surface area contributed by atoms with Gasteiger partial charge < -0.3 is 15.2 Å². The third-order valence-electron chi connectivity index (χ3n) is 1.91. The quantitative estimate of drug-likeness (QED) is 0.801. The molecule has 0 spiro atoms. The van der Waals surface area contributed by atoms with Gasteiger partial charge in [-0.3, -0.25) is 4.79 Å². The van der Waals surface area contributed by atoms with E-state index in [0.29, 0.717) is 18.2 Å². The van der Waals surface area contributed by atoms with E-state index < -0.39 is 5.97 Å². The van der Waals surface area contributed by atoms with Crippen molar-refractivity contribution in [3.8, 4) is 5.75 Å². The third kappa shape index (κ3) is 4.08. The lowest BCUT2D eigenvalue weighted by Crippen LogP contribution is -2.22. The number of hydrogen-bond donors (Lipinski definition) is 2. The Balaban J connectivity index is 2.67. The van der Waals surface area contributed by atoms with Gasteiger partial charge in [-0.2, -0.15) is 0 Å². The maximum Gasteiger partial charge on any atom is 0.317 e. The summed E-state index contributed by atoms with van der Waals surface area (Å²) in [5, 5.41) is 11.9. The molecule has 0 aromatic heterocycles. The van der Waals surface area contributed by atoms with Crippen molar-refractivity contribution in [3.63, 3.8) is 0 Å². The smallest absolute Gasteiger partial charge is 0.317 e. The van der Waals surface area contributed by atoms with Gasteiger partial charge in [0.2, 0.25) is 0 Å². The first kappa shape index (κ1) is 12.8. The number of aliphatic carboxylic acids is 1. The molecule has 0 saturated carbocycles. The van der Waals surface area contributed by atoms with Crippen LogP contribution in [0.2, 0.25) is 5.02 Å². The molecule has 1 aromatic carbocycles. The molecule has 0 saturated heterocycles. The van der Waals surface area contributed by atoms with Gasteiger partial charge in [-0.05, 0) is 25.1 Å². The molecule has 0 aliphatic rings. The molecule has 4 nitrogen and oxygen atoms in total. The van der Waals surface area contributed by atoms with E-state index in [2.05, 4.69) is 5.32 Å². The molecule has 1 rings (SSSR count). The van der Waals surface area contributed by atoms with Crippen LogP contribution in [0.4, 0.5) is 0 Å². The molecule has 0 fully saturated rings. The Hall–Kier alpha value is -1.26. The molecule has 0 bridgehead atoms. The molecule has 2 N–H and O–H groups in total. The maximum absolute atomic E-state index is 10.3. The molecule has 1 aromatic rings. The number of halogens is 1. The van der Waals surface area contributed by atoms with Crippen LogP contribution in [0.1, 0.15) is 12.5 Å². The highest BCUT2D eigenvalue weighted by Crippen LogP contribution is 2.22. The van der Waals surface area contributed by atoms with Gasteiger partial charge >= 0.3 is 5.97 Å². The zero-order valence-corrected chi connectivity index (χ0v) is 9.75. The van der Waals surface area contributed by atoms with E-state index in [1.165, 1.54) is 0 Å². The van der Waals surface area contributed by atoms with E-state index in [4.69, 9.17) is 21.4 Å². The van der Waals surface area contributed by atoms with Gasteiger partial charge in [0.1, 0.15) is 5.75 Å². The fraction of sp³-hybridized carbons (Fsp3) is 0.364. The van der Waals surface area contributed by atoms with Crippen molar-refractivity contribution >= 4 is 17.6 Å². The fourth-order valence-corrected chi connectivity index (χ4v) is 1.48. The minimum Gasteiger partial charge on any atom is -0.494 e. The van der Waals surface area contributed by atoms with Crippen LogP contribution < -0.4 is 10.1 Å². The van der Waals surface area contributed by atoms with Gasteiger partial charge in [0.15, 0.2) is 0 Å². The Morgan fingerprint density at radius 3 is 2.94 bits per heavy atom. The average Bonchev–Trinajstić information content (AvgIpc) is 2.21. The fourth-order valence-electron chi connectivity index (χ4n) is 1.29. The summed E-state index contributed by atoms with van der Waals surface area (Å²) in [5.74, 6) is -0.162. The zero-order valence-electron chi connectivity index (χ0n) is 9.00. The Labute approximate surface area is 99.2 Å². The molecule has 0 aliphatic heterocycles. The van der Waals surface area contributed by atoms with Crippen LogP contribution in [0.5, 0.6) is 5.75 Å². The lowest BCUT2D eigenvalue weighted by atomic mass is 10.2. The van der Waals surface area contributed by atoms with Gasteiger partial charge in [0.05, 0.1) is 13.2 Å². The Bertz CT molecular complexity index is 368. The third-order valence-corrected chi connectivity index (χ3v) is 2.15. The predicted octanol–water partition coefficient (Wildman–Crippen LogP) is 1.91. The van der Waals surface area contributed by atoms with Crippen LogP contribution in [0.3, 0.4) is 0 Å². The molecule has 0 unspecified atom stereocenters. The van der Waals surface area contributed by atoms with Crippen LogP contribution in [0, 0.1) is 0 Å². The highest BCUT2D eigenvalue weighted by molar-refractivity contribution is 6.30. The van der Waals surface area contributed by atoms with Crippen LogP contribution in [-0.2, 0) is 11.3 Å². The summed E-state index contributed by atoms with van der Waals surface area (Å²) >= 11 is 5.86. The minimum absolute atomic E-state index is 0.0852. The summed E-state index contributed by atoms with van der Waals surface area (Å²) in [6.07, 6.45) is 0. The highest BCUT2D eigenvalue weighted by atomic mass is 35.5. The summed E-state index contributed by atoms with van der Waals surface area (Å²) < 4.78 is 5.40. The van der Waals surface area contributed by atoms with Crippen molar-refractivity contribution in [2.75, 3.05) is 13.2 Å². The first-order chi connectivity index (χ1) is 7.63. The molecule has 5 heteroatoms. The Kier molecular flexibility index (Phi) is 5.08. The second kappa shape index (κ2) is 6.35. The summed E-state index contributed by atoms with van der Waals surface area (Å²) in [5.41, 5.74) is 0.857. The number of benzene rings is 1. The van der Waals surface area contributed by atoms with E-state index in [-0.39, 0.29) is 6.54 Å². The lowest BCUT2D eigenvalue weighted by Gasteiger charge is -2.10. The van der Waals surface area contributed by atoms with Crippen molar-refractivity contribution < 1.29 is 14.6 Å². The van der Waals surface area contributed by atoms with Gasteiger partial charge in [-0.15, -0.1) is 0 Å². The van der Waals surface area contributed by atoms with Crippen molar-refractivity contribution in [3.05, 3.63) is 28.8 Å². The topological polar surface area (TPSA) is 58.6 Å². The largest absolute Gasteiger partial charge is 0.494 e. The first-order valence-electron chi connectivity index (χ1n) is 4.97. The molecule has 0 amide bonds. The van der Waals surface area contributed by atoms with Gasteiger partial charge in [-0.25, -0.2) is 0 Å². The number of nitrogens with one attached hydrogen (secondary N) is 1. The zero-order chi connectivity index (χ0) is 12.0. The second-order valence-corrected chi connectivity index (χ2v) is 3.62. The number of hydrogen-bond acceptors (Lipinski definition) is 3. The number of carbonyl (C=O) groups is 1. The number of carboxylic acid groups (broad SMARTS) is 1. The molecule has 0 atom stereocenters.